The van der Waals surface area contributed by atoms with Crippen molar-refractivity contribution < 1.29 is 18.9 Å². The van der Waals surface area contributed by atoms with Crippen LogP contribution in [0.4, 0.5) is 0 Å². The number of hydrogen-bond acceptors (Lipinski definition) is 5. The second kappa shape index (κ2) is 9.98. The van der Waals surface area contributed by atoms with Gasteiger partial charge in [0.2, 0.25) is 5.75 Å². The van der Waals surface area contributed by atoms with Crippen LogP contribution in [0.3, 0.4) is 0 Å². The van der Waals surface area contributed by atoms with Crippen molar-refractivity contribution in [3.05, 3.63) is 17.7 Å². The highest BCUT2D eigenvalue weighted by Crippen LogP contribution is 2.39. The number of guanidine groups is 1. The van der Waals surface area contributed by atoms with Crippen LogP contribution in [0.15, 0.2) is 17.1 Å². The number of benzene rings is 1. The monoisotopic (exact) mass is 353 g/mol. The minimum atomic E-state index is -0.260. The largest absolute Gasteiger partial charge is 0.493 e. The Morgan fingerprint density at radius 3 is 2.20 bits per heavy atom. The smallest absolute Gasteiger partial charge is 0.203 e. The maximum atomic E-state index is 5.51. The molecule has 7 heteroatoms. The molecule has 0 aliphatic rings. The van der Waals surface area contributed by atoms with E-state index in [1.807, 2.05) is 26.0 Å². The number of nitrogens with one attached hydrogen (secondary N) is 2. The third kappa shape index (κ3) is 6.01. The van der Waals surface area contributed by atoms with Crippen LogP contribution in [0.2, 0.25) is 0 Å². The van der Waals surface area contributed by atoms with Crippen LogP contribution < -0.4 is 24.8 Å². The van der Waals surface area contributed by atoms with Crippen molar-refractivity contribution in [1.29, 1.82) is 0 Å². The lowest BCUT2D eigenvalue weighted by atomic mass is 10.1. The van der Waals surface area contributed by atoms with Gasteiger partial charge < -0.3 is 29.6 Å². The second-order valence-corrected chi connectivity index (χ2v) is 6.06. The Balaban J connectivity index is 2.69. The van der Waals surface area contributed by atoms with E-state index < -0.39 is 0 Å². The molecule has 0 heterocycles. The molecule has 0 amide bonds. The minimum Gasteiger partial charge on any atom is -0.493 e. The molecule has 0 unspecified atom stereocenters. The first kappa shape index (κ1) is 20.9. The Morgan fingerprint density at radius 1 is 1.00 bits per heavy atom. The summed E-state index contributed by atoms with van der Waals surface area (Å²) in [6, 6.07) is 3.86. The molecule has 0 radical (unpaired) electrons. The fraction of sp³-hybridized carbons (Fsp3) is 0.611. The van der Waals surface area contributed by atoms with Gasteiger partial charge in [0.1, 0.15) is 0 Å². The van der Waals surface area contributed by atoms with Crippen molar-refractivity contribution in [2.75, 3.05) is 48.6 Å². The Labute approximate surface area is 150 Å². The van der Waals surface area contributed by atoms with Crippen LogP contribution in [0.1, 0.15) is 19.4 Å². The Hall–Kier alpha value is -2.15. The number of rotatable bonds is 9. The first-order valence-electron chi connectivity index (χ1n) is 8.20. The predicted octanol–water partition coefficient (Wildman–Crippen LogP) is 1.84. The van der Waals surface area contributed by atoms with E-state index in [0.29, 0.717) is 30.3 Å². The highest BCUT2D eigenvalue weighted by atomic mass is 16.5. The molecule has 0 bridgehead atoms. The SMILES string of the molecule is CN=C(NCCc1ccc(OC)c(OC)c1OC)NCC(C)(C)OC. The van der Waals surface area contributed by atoms with Gasteiger partial charge in [-0.15, -0.1) is 0 Å². The molecule has 0 saturated carbocycles. The van der Waals surface area contributed by atoms with Crippen molar-refractivity contribution in [2.24, 2.45) is 4.99 Å². The summed E-state index contributed by atoms with van der Waals surface area (Å²) in [5, 5.41) is 6.54. The van der Waals surface area contributed by atoms with Gasteiger partial charge in [0.15, 0.2) is 17.5 Å². The van der Waals surface area contributed by atoms with E-state index >= 15 is 0 Å². The fourth-order valence-corrected chi connectivity index (χ4v) is 2.26. The van der Waals surface area contributed by atoms with Crippen LogP contribution in [0.5, 0.6) is 17.2 Å². The predicted molar refractivity (Wildman–Crippen MR) is 100 cm³/mol. The summed E-state index contributed by atoms with van der Waals surface area (Å²) in [7, 11) is 8.27. The molecule has 0 fully saturated rings. The minimum absolute atomic E-state index is 0.260. The maximum Gasteiger partial charge on any atom is 0.203 e. The first-order valence-corrected chi connectivity index (χ1v) is 8.20. The van der Waals surface area contributed by atoms with Gasteiger partial charge >= 0.3 is 0 Å². The normalized spacial score (nSPS) is 11.9. The number of aliphatic imine (C=N–C) groups is 1. The summed E-state index contributed by atoms with van der Waals surface area (Å²) < 4.78 is 21.6. The van der Waals surface area contributed by atoms with Crippen molar-refractivity contribution in [2.45, 2.75) is 25.9 Å². The lowest BCUT2D eigenvalue weighted by Crippen LogP contribution is -2.45. The van der Waals surface area contributed by atoms with Gasteiger partial charge in [-0.2, -0.15) is 0 Å². The van der Waals surface area contributed by atoms with Gasteiger partial charge in [0.25, 0.3) is 0 Å². The van der Waals surface area contributed by atoms with E-state index in [1.54, 1.807) is 35.5 Å². The third-order valence-electron chi connectivity index (χ3n) is 3.93. The molecule has 142 valence electrons. The summed E-state index contributed by atoms with van der Waals surface area (Å²) >= 11 is 0. The van der Waals surface area contributed by atoms with Crippen LogP contribution in [-0.2, 0) is 11.2 Å². The van der Waals surface area contributed by atoms with Crippen molar-refractivity contribution in [3.8, 4) is 17.2 Å². The van der Waals surface area contributed by atoms with Gasteiger partial charge in [0, 0.05) is 32.8 Å². The van der Waals surface area contributed by atoms with Gasteiger partial charge in [0.05, 0.1) is 26.9 Å². The highest BCUT2D eigenvalue weighted by Gasteiger charge is 2.17. The van der Waals surface area contributed by atoms with Gasteiger partial charge in [-0.3, -0.25) is 4.99 Å². The zero-order valence-corrected chi connectivity index (χ0v) is 16.4. The van der Waals surface area contributed by atoms with E-state index in [2.05, 4.69) is 15.6 Å². The fourth-order valence-electron chi connectivity index (χ4n) is 2.26. The zero-order chi connectivity index (χ0) is 18.9. The number of hydrogen-bond donors (Lipinski definition) is 2. The Kier molecular flexibility index (Phi) is 8.34. The molecule has 0 atom stereocenters. The summed E-state index contributed by atoms with van der Waals surface area (Å²) in [4.78, 5) is 4.22. The lowest BCUT2D eigenvalue weighted by Gasteiger charge is -2.24. The van der Waals surface area contributed by atoms with E-state index in [0.717, 1.165) is 17.9 Å². The van der Waals surface area contributed by atoms with E-state index in [1.165, 1.54) is 0 Å². The van der Waals surface area contributed by atoms with Crippen molar-refractivity contribution >= 4 is 5.96 Å². The third-order valence-corrected chi connectivity index (χ3v) is 3.93. The van der Waals surface area contributed by atoms with Crippen LogP contribution >= 0.6 is 0 Å². The standard InChI is InChI=1S/C18H31N3O4/c1-18(2,25-7)12-21-17(19-3)20-11-10-13-8-9-14(22-4)16(24-6)15(13)23-5/h8-9H,10-12H2,1-7H3,(H2,19,20,21). The topological polar surface area (TPSA) is 73.3 Å². The highest BCUT2D eigenvalue weighted by molar-refractivity contribution is 5.79. The molecule has 0 spiro atoms. The molecule has 1 aromatic carbocycles. The zero-order valence-electron chi connectivity index (χ0n) is 16.4. The number of ether oxygens (including phenoxy) is 4. The molecule has 7 nitrogen and oxygen atoms in total. The molecular weight excluding hydrogens is 322 g/mol. The van der Waals surface area contributed by atoms with Crippen molar-refractivity contribution in [1.82, 2.24) is 10.6 Å². The van der Waals surface area contributed by atoms with Gasteiger partial charge in [-0.25, -0.2) is 0 Å². The maximum absolute atomic E-state index is 5.51. The first-order chi connectivity index (χ1) is 11.9. The van der Waals surface area contributed by atoms with Crippen molar-refractivity contribution in [3.63, 3.8) is 0 Å². The Morgan fingerprint density at radius 2 is 1.68 bits per heavy atom. The summed E-state index contributed by atoms with van der Waals surface area (Å²) in [5.74, 6) is 2.67. The van der Waals surface area contributed by atoms with Gasteiger partial charge in [-0.1, -0.05) is 6.07 Å². The van der Waals surface area contributed by atoms with E-state index in [4.69, 9.17) is 18.9 Å². The molecule has 0 saturated heterocycles. The summed E-state index contributed by atoms with van der Waals surface area (Å²) in [6.07, 6.45) is 0.748. The van der Waals surface area contributed by atoms with E-state index in [9.17, 15) is 0 Å². The van der Waals surface area contributed by atoms with E-state index in [-0.39, 0.29) is 5.60 Å². The lowest BCUT2D eigenvalue weighted by molar-refractivity contribution is 0.0268. The molecule has 0 aliphatic carbocycles. The van der Waals surface area contributed by atoms with Crippen LogP contribution in [0, 0.1) is 0 Å². The molecule has 2 N–H and O–H groups in total. The molecule has 0 aliphatic heterocycles. The average molecular weight is 353 g/mol. The summed E-state index contributed by atoms with van der Waals surface area (Å²) in [5.41, 5.74) is 0.768. The second-order valence-electron chi connectivity index (χ2n) is 6.06. The quantitative estimate of drug-likeness (QED) is 0.521. The molecule has 1 rings (SSSR count). The van der Waals surface area contributed by atoms with Crippen LogP contribution in [-0.4, -0.2) is 60.1 Å². The Bertz CT molecular complexity index is 574. The number of methoxy groups -OCH3 is 4. The average Bonchev–Trinajstić information content (AvgIpc) is 2.63. The molecule has 0 aromatic heterocycles. The van der Waals surface area contributed by atoms with Gasteiger partial charge in [-0.05, 0) is 26.3 Å². The number of nitrogens with zero attached hydrogens (tertiary/aromatic N) is 1. The molecule has 25 heavy (non-hydrogen) atoms. The molecular formula is C18H31N3O4. The summed E-state index contributed by atoms with van der Waals surface area (Å²) in [6.45, 7) is 5.38. The van der Waals surface area contributed by atoms with Crippen LogP contribution in [0.25, 0.3) is 0 Å². The molecule has 1 aromatic rings.